The standard InChI is InChI=1S/C18H21N3O/c22-16(20-17-19-11-15-3-1-2-4-21(15)17)18-8-12-5-13(9-18)7-14(6-12)10-18/h1-4,11-14H,5-10H2,(H,19,20,22). The third kappa shape index (κ3) is 1.76. The normalized spacial score (nSPS) is 35.9. The first-order valence-corrected chi connectivity index (χ1v) is 8.45. The molecule has 22 heavy (non-hydrogen) atoms. The number of aromatic nitrogens is 2. The van der Waals surface area contributed by atoms with Gasteiger partial charge in [-0.05, 0) is 68.4 Å². The van der Waals surface area contributed by atoms with E-state index in [1.807, 2.05) is 35.0 Å². The minimum Gasteiger partial charge on any atom is -0.295 e. The lowest BCUT2D eigenvalue weighted by molar-refractivity contribution is -0.140. The zero-order valence-corrected chi connectivity index (χ0v) is 12.7. The summed E-state index contributed by atoms with van der Waals surface area (Å²) in [7, 11) is 0. The summed E-state index contributed by atoms with van der Waals surface area (Å²) < 4.78 is 1.96. The zero-order valence-electron chi connectivity index (χ0n) is 12.7. The van der Waals surface area contributed by atoms with Crippen molar-refractivity contribution in [2.75, 3.05) is 5.32 Å². The number of carbonyl (C=O) groups excluding carboxylic acids is 1. The van der Waals surface area contributed by atoms with Gasteiger partial charge in [-0.3, -0.25) is 14.5 Å². The average molecular weight is 295 g/mol. The van der Waals surface area contributed by atoms with E-state index in [1.54, 1.807) is 0 Å². The maximum absolute atomic E-state index is 13.0. The van der Waals surface area contributed by atoms with Gasteiger partial charge in [0, 0.05) is 6.20 Å². The van der Waals surface area contributed by atoms with E-state index in [4.69, 9.17) is 0 Å². The summed E-state index contributed by atoms with van der Waals surface area (Å²) in [6, 6.07) is 5.96. The van der Waals surface area contributed by atoms with Gasteiger partial charge in [0.25, 0.3) is 0 Å². The van der Waals surface area contributed by atoms with Gasteiger partial charge in [0.1, 0.15) is 0 Å². The van der Waals surface area contributed by atoms with Crippen LogP contribution in [0.1, 0.15) is 38.5 Å². The van der Waals surface area contributed by atoms with E-state index in [1.165, 1.54) is 19.3 Å². The minimum atomic E-state index is -0.116. The van der Waals surface area contributed by atoms with Crippen LogP contribution in [0.3, 0.4) is 0 Å². The first kappa shape index (κ1) is 12.7. The van der Waals surface area contributed by atoms with E-state index in [2.05, 4.69) is 10.3 Å². The fourth-order valence-electron chi connectivity index (χ4n) is 5.66. The Hall–Kier alpha value is -1.84. The molecule has 1 amide bonds. The Morgan fingerprint density at radius 3 is 2.50 bits per heavy atom. The van der Waals surface area contributed by atoms with Gasteiger partial charge in [0.15, 0.2) is 0 Å². The number of rotatable bonds is 2. The van der Waals surface area contributed by atoms with E-state index in [0.29, 0.717) is 5.95 Å². The molecule has 4 aliphatic carbocycles. The largest absolute Gasteiger partial charge is 0.295 e. The molecule has 4 heteroatoms. The molecule has 0 spiro atoms. The summed E-state index contributed by atoms with van der Waals surface area (Å²) in [6.45, 7) is 0. The van der Waals surface area contributed by atoms with Crippen LogP contribution in [-0.2, 0) is 4.79 Å². The molecule has 0 unspecified atom stereocenters. The fraction of sp³-hybridized carbons (Fsp3) is 0.556. The van der Waals surface area contributed by atoms with Crippen LogP contribution >= 0.6 is 0 Å². The SMILES string of the molecule is O=C(Nc1ncc2ccccn12)C12CC3CC(CC(C3)C1)C2. The number of hydrogen-bond acceptors (Lipinski definition) is 2. The number of pyridine rings is 1. The highest BCUT2D eigenvalue weighted by atomic mass is 16.2. The number of fused-ring (bicyclic) bond motifs is 1. The topological polar surface area (TPSA) is 46.4 Å². The molecule has 4 bridgehead atoms. The summed E-state index contributed by atoms with van der Waals surface area (Å²) in [5.41, 5.74) is 0.901. The van der Waals surface area contributed by atoms with Crippen molar-refractivity contribution < 1.29 is 4.79 Å². The molecule has 0 aliphatic heterocycles. The van der Waals surface area contributed by atoms with Crippen LogP contribution in [0.15, 0.2) is 30.6 Å². The molecule has 4 aliphatic rings. The number of carbonyl (C=O) groups is 1. The van der Waals surface area contributed by atoms with Crippen molar-refractivity contribution in [3.8, 4) is 0 Å². The van der Waals surface area contributed by atoms with Gasteiger partial charge in [-0.15, -0.1) is 0 Å². The van der Waals surface area contributed by atoms with Crippen molar-refractivity contribution in [3.63, 3.8) is 0 Å². The number of imidazole rings is 1. The summed E-state index contributed by atoms with van der Waals surface area (Å²) in [6.07, 6.45) is 11.1. The predicted octanol–water partition coefficient (Wildman–Crippen LogP) is 3.49. The second-order valence-corrected chi connectivity index (χ2v) is 7.73. The predicted molar refractivity (Wildman–Crippen MR) is 84.4 cm³/mol. The quantitative estimate of drug-likeness (QED) is 0.922. The van der Waals surface area contributed by atoms with Gasteiger partial charge < -0.3 is 0 Å². The number of nitrogens with one attached hydrogen (secondary N) is 1. The van der Waals surface area contributed by atoms with Crippen molar-refractivity contribution in [1.29, 1.82) is 0 Å². The van der Waals surface area contributed by atoms with E-state index >= 15 is 0 Å². The number of nitrogens with zero attached hydrogens (tertiary/aromatic N) is 2. The van der Waals surface area contributed by atoms with Crippen LogP contribution in [0, 0.1) is 23.2 Å². The molecule has 0 aromatic carbocycles. The molecule has 4 fully saturated rings. The summed E-state index contributed by atoms with van der Waals surface area (Å²) in [5, 5.41) is 3.13. The van der Waals surface area contributed by atoms with Gasteiger partial charge in [-0.25, -0.2) is 4.98 Å². The maximum atomic E-state index is 13.0. The van der Waals surface area contributed by atoms with Gasteiger partial charge in [0.2, 0.25) is 11.9 Å². The molecule has 4 nitrogen and oxygen atoms in total. The van der Waals surface area contributed by atoms with Crippen LogP contribution in [0.2, 0.25) is 0 Å². The number of amides is 1. The highest BCUT2D eigenvalue weighted by Gasteiger charge is 2.54. The highest BCUT2D eigenvalue weighted by molar-refractivity contribution is 5.94. The third-order valence-corrected chi connectivity index (χ3v) is 6.18. The molecule has 114 valence electrons. The van der Waals surface area contributed by atoms with E-state index in [0.717, 1.165) is 42.5 Å². The Balaban J connectivity index is 1.45. The smallest absolute Gasteiger partial charge is 0.232 e. The van der Waals surface area contributed by atoms with Crippen molar-refractivity contribution in [1.82, 2.24) is 9.38 Å². The first-order valence-electron chi connectivity index (χ1n) is 8.45. The lowest BCUT2D eigenvalue weighted by Gasteiger charge is -2.55. The summed E-state index contributed by atoms with van der Waals surface area (Å²) >= 11 is 0. The van der Waals surface area contributed by atoms with Gasteiger partial charge >= 0.3 is 0 Å². The van der Waals surface area contributed by atoms with Crippen LogP contribution in [0.5, 0.6) is 0 Å². The monoisotopic (exact) mass is 295 g/mol. The van der Waals surface area contributed by atoms with E-state index in [-0.39, 0.29) is 11.3 Å². The number of anilines is 1. The second kappa shape index (κ2) is 4.34. The summed E-state index contributed by atoms with van der Waals surface area (Å²) in [4.78, 5) is 17.4. The molecular weight excluding hydrogens is 274 g/mol. The van der Waals surface area contributed by atoms with E-state index < -0.39 is 0 Å². The molecule has 2 aromatic heterocycles. The Labute approximate surface area is 129 Å². The molecule has 6 rings (SSSR count). The Kier molecular flexibility index (Phi) is 2.50. The van der Waals surface area contributed by atoms with Crippen molar-refractivity contribution in [2.24, 2.45) is 23.2 Å². The number of hydrogen-bond donors (Lipinski definition) is 1. The van der Waals surface area contributed by atoms with Gasteiger partial charge in [0.05, 0.1) is 17.1 Å². The Morgan fingerprint density at radius 1 is 1.14 bits per heavy atom. The van der Waals surface area contributed by atoms with Crippen LogP contribution in [-0.4, -0.2) is 15.3 Å². The third-order valence-electron chi connectivity index (χ3n) is 6.18. The Morgan fingerprint density at radius 2 is 1.82 bits per heavy atom. The van der Waals surface area contributed by atoms with Crippen LogP contribution < -0.4 is 5.32 Å². The van der Waals surface area contributed by atoms with Gasteiger partial charge in [-0.1, -0.05) is 6.07 Å². The molecule has 0 atom stereocenters. The van der Waals surface area contributed by atoms with Crippen LogP contribution in [0.4, 0.5) is 5.95 Å². The van der Waals surface area contributed by atoms with Crippen molar-refractivity contribution in [2.45, 2.75) is 38.5 Å². The first-order chi connectivity index (χ1) is 10.7. The molecule has 1 N–H and O–H groups in total. The molecule has 0 saturated heterocycles. The van der Waals surface area contributed by atoms with E-state index in [9.17, 15) is 4.79 Å². The van der Waals surface area contributed by atoms with Gasteiger partial charge in [-0.2, -0.15) is 0 Å². The lowest BCUT2D eigenvalue weighted by Crippen LogP contribution is -2.51. The highest BCUT2D eigenvalue weighted by Crippen LogP contribution is 2.60. The van der Waals surface area contributed by atoms with Crippen LogP contribution in [0.25, 0.3) is 5.52 Å². The lowest BCUT2D eigenvalue weighted by atomic mass is 9.49. The fourth-order valence-corrected chi connectivity index (χ4v) is 5.66. The zero-order chi connectivity index (χ0) is 14.7. The molecule has 0 radical (unpaired) electrons. The molecule has 2 aromatic rings. The maximum Gasteiger partial charge on any atom is 0.232 e. The molecule has 4 saturated carbocycles. The molecular formula is C18H21N3O. The summed E-state index contributed by atoms with van der Waals surface area (Å²) in [5.74, 6) is 3.23. The van der Waals surface area contributed by atoms with Crippen molar-refractivity contribution >= 4 is 17.4 Å². The molecule has 2 heterocycles. The average Bonchev–Trinajstić information content (AvgIpc) is 2.89. The minimum absolute atomic E-state index is 0.116. The Bertz CT molecular complexity index is 712. The van der Waals surface area contributed by atoms with Crippen molar-refractivity contribution in [3.05, 3.63) is 30.6 Å². The second-order valence-electron chi connectivity index (χ2n) is 7.73.